The van der Waals surface area contributed by atoms with Gasteiger partial charge in [-0.15, -0.1) is 0 Å². The minimum absolute atomic E-state index is 0.501. The average Bonchev–Trinajstić information content (AvgIpc) is 3.17. The molecular formula is C19H28N4O. The van der Waals surface area contributed by atoms with E-state index in [2.05, 4.69) is 53.4 Å². The molecule has 1 saturated heterocycles. The van der Waals surface area contributed by atoms with E-state index >= 15 is 0 Å². The van der Waals surface area contributed by atoms with Crippen molar-refractivity contribution in [3.8, 4) is 5.88 Å². The Hall–Kier alpha value is -2.01. The lowest BCUT2D eigenvalue weighted by molar-refractivity contribution is 0.367. The first-order chi connectivity index (χ1) is 11.6. The Bertz CT molecular complexity index is 677. The molecule has 130 valence electrons. The van der Waals surface area contributed by atoms with Gasteiger partial charge in [0.05, 0.1) is 18.4 Å². The number of benzene rings is 1. The molecule has 1 aromatic carbocycles. The molecular weight excluding hydrogens is 300 g/mol. The highest BCUT2D eigenvalue weighted by atomic mass is 16.5. The van der Waals surface area contributed by atoms with E-state index in [9.17, 15) is 0 Å². The third-order valence-corrected chi connectivity index (χ3v) is 4.85. The number of aryl methyl sites for hydroxylation is 3. The monoisotopic (exact) mass is 328 g/mol. The first kappa shape index (κ1) is 16.8. The van der Waals surface area contributed by atoms with E-state index in [1.54, 1.807) is 7.11 Å². The zero-order valence-corrected chi connectivity index (χ0v) is 15.2. The van der Waals surface area contributed by atoms with Crippen LogP contribution in [0.5, 0.6) is 5.88 Å². The summed E-state index contributed by atoms with van der Waals surface area (Å²) in [7, 11) is 3.66. The molecule has 0 unspecified atom stereocenters. The van der Waals surface area contributed by atoms with Gasteiger partial charge in [0.15, 0.2) is 0 Å². The molecule has 2 aromatic rings. The summed E-state index contributed by atoms with van der Waals surface area (Å²) < 4.78 is 7.36. The van der Waals surface area contributed by atoms with Crippen LogP contribution < -0.4 is 15.0 Å². The molecule has 24 heavy (non-hydrogen) atoms. The zero-order chi connectivity index (χ0) is 17.1. The lowest BCUT2D eigenvalue weighted by Gasteiger charge is -2.19. The Morgan fingerprint density at radius 2 is 2.04 bits per heavy atom. The molecule has 1 aliphatic rings. The summed E-state index contributed by atoms with van der Waals surface area (Å²) in [5, 5.41) is 8.25. The van der Waals surface area contributed by atoms with Gasteiger partial charge in [-0.3, -0.25) is 0 Å². The van der Waals surface area contributed by atoms with E-state index in [1.165, 1.54) is 16.8 Å². The number of rotatable bonds is 6. The fraction of sp³-hybridized carbons (Fsp3) is 0.526. The maximum Gasteiger partial charge on any atom is 0.216 e. The summed E-state index contributed by atoms with van der Waals surface area (Å²) in [5.74, 6) is 0.868. The van der Waals surface area contributed by atoms with Crippen LogP contribution in [0.3, 0.4) is 0 Å². The maximum atomic E-state index is 5.53. The molecule has 0 saturated carbocycles. The van der Waals surface area contributed by atoms with Crippen LogP contribution in [-0.4, -0.2) is 36.0 Å². The molecule has 1 aromatic heterocycles. The number of hydrogen-bond donors (Lipinski definition) is 1. The van der Waals surface area contributed by atoms with Gasteiger partial charge in [-0.05, 0) is 31.9 Å². The van der Waals surface area contributed by atoms with E-state index in [4.69, 9.17) is 4.74 Å². The summed E-state index contributed by atoms with van der Waals surface area (Å²) in [6.07, 6.45) is 2.09. The summed E-state index contributed by atoms with van der Waals surface area (Å²) in [6.45, 7) is 7.23. The number of ether oxygens (including phenoxy) is 1. The fourth-order valence-corrected chi connectivity index (χ4v) is 3.49. The lowest BCUT2D eigenvalue weighted by Crippen LogP contribution is -2.32. The van der Waals surface area contributed by atoms with Gasteiger partial charge in [-0.1, -0.05) is 24.6 Å². The predicted octanol–water partition coefficient (Wildman–Crippen LogP) is 2.67. The van der Waals surface area contributed by atoms with Crippen LogP contribution in [0.25, 0.3) is 0 Å². The van der Waals surface area contributed by atoms with Crippen molar-refractivity contribution in [1.82, 2.24) is 15.1 Å². The summed E-state index contributed by atoms with van der Waals surface area (Å²) in [6, 6.07) is 9.31. The van der Waals surface area contributed by atoms with Crippen LogP contribution in [0.4, 0.5) is 5.69 Å². The number of nitrogens with zero attached hydrogens (tertiary/aromatic N) is 3. The number of hydrogen-bond acceptors (Lipinski definition) is 4. The number of nitrogens with one attached hydrogen (secondary N) is 1. The Balaban J connectivity index is 1.61. The van der Waals surface area contributed by atoms with Crippen molar-refractivity contribution >= 4 is 5.69 Å². The predicted molar refractivity (Wildman–Crippen MR) is 97.8 cm³/mol. The average molecular weight is 328 g/mol. The van der Waals surface area contributed by atoms with E-state index in [0.29, 0.717) is 6.04 Å². The van der Waals surface area contributed by atoms with Crippen molar-refractivity contribution in [2.45, 2.75) is 39.3 Å². The van der Waals surface area contributed by atoms with Crippen LogP contribution in [0.1, 0.15) is 30.2 Å². The molecule has 0 amide bonds. The van der Waals surface area contributed by atoms with Crippen molar-refractivity contribution in [2.75, 3.05) is 25.1 Å². The van der Waals surface area contributed by atoms with E-state index < -0.39 is 0 Å². The summed E-state index contributed by atoms with van der Waals surface area (Å²) in [5.41, 5.74) is 4.94. The molecule has 2 heterocycles. The standard InChI is InChI=1S/C19H28N4O/c1-5-18-17(19(24-4)22(3)21-18)12-20-15-10-11-23(13-15)16-8-6-14(2)7-9-16/h6-9,15,20H,5,10-13H2,1-4H3/t15-/m0/s1. The van der Waals surface area contributed by atoms with Crippen LogP contribution in [0.15, 0.2) is 24.3 Å². The second kappa shape index (κ2) is 7.26. The van der Waals surface area contributed by atoms with E-state index in [1.807, 2.05) is 11.7 Å². The van der Waals surface area contributed by atoms with Gasteiger partial charge in [0, 0.05) is 38.4 Å². The third-order valence-electron chi connectivity index (χ3n) is 4.85. The molecule has 1 N–H and O–H groups in total. The van der Waals surface area contributed by atoms with Crippen molar-refractivity contribution in [3.05, 3.63) is 41.1 Å². The smallest absolute Gasteiger partial charge is 0.216 e. The van der Waals surface area contributed by atoms with Crippen molar-refractivity contribution in [3.63, 3.8) is 0 Å². The van der Waals surface area contributed by atoms with Crippen LogP contribution in [-0.2, 0) is 20.0 Å². The SMILES string of the molecule is CCc1nn(C)c(OC)c1CN[C@H]1CCN(c2ccc(C)cc2)C1. The fourth-order valence-electron chi connectivity index (χ4n) is 3.49. The molecule has 1 atom stereocenters. The zero-order valence-electron chi connectivity index (χ0n) is 15.2. The molecule has 5 nitrogen and oxygen atoms in total. The molecule has 1 fully saturated rings. The van der Waals surface area contributed by atoms with Crippen LogP contribution >= 0.6 is 0 Å². The Kier molecular flexibility index (Phi) is 5.09. The highest BCUT2D eigenvalue weighted by Crippen LogP contribution is 2.24. The van der Waals surface area contributed by atoms with Gasteiger partial charge >= 0.3 is 0 Å². The quantitative estimate of drug-likeness (QED) is 0.885. The molecule has 0 radical (unpaired) electrons. The topological polar surface area (TPSA) is 42.3 Å². The lowest BCUT2D eigenvalue weighted by atomic mass is 10.2. The van der Waals surface area contributed by atoms with Crippen LogP contribution in [0, 0.1) is 6.92 Å². The minimum Gasteiger partial charge on any atom is -0.481 e. The van der Waals surface area contributed by atoms with Crippen molar-refractivity contribution in [2.24, 2.45) is 7.05 Å². The first-order valence-corrected chi connectivity index (χ1v) is 8.76. The molecule has 0 aliphatic carbocycles. The van der Waals surface area contributed by atoms with Crippen molar-refractivity contribution < 1.29 is 4.74 Å². The van der Waals surface area contributed by atoms with E-state index in [0.717, 1.165) is 44.0 Å². The number of anilines is 1. The van der Waals surface area contributed by atoms with Gasteiger partial charge in [-0.2, -0.15) is 5.10 Å². The van der Waals surface area contributed by atoms with Gasteiger partial charge in [0.25, 0.3) is 0 Å². The number of methoxy groups -OCH3 is 1. The minimum atomic E-state index is 0.501. The molecule has 3 rings (SSSR count). The summed E-state index contributed by atoms with van der Waals surface area (Å²) in [4.78, 5) is 2.46. The second-order valence-corrected chi connectivity index (χ2v) is 6.56. The first-order valence-electron chi connectivity index (χ1n) is 8.76. The van der Waals surface area contributed by atoms with Gasteiger partial charge in [-0.25, -0.2) is 4.68 Å². The molecule has 1 aliphatic heterocycles. The van der Waals surface area contributed by atoms with Gasteiger partial charge in [0.2, 0.25) is 5.88 Å². The number of aromatic nitrogens is 2. The molecule has 0 bridgehead atoms. The van der Waals surface area contributed by atoms with E-state index in [-0.39, 0.29) is 0 Å². The highest BCUT2D eigenvalue weighted by Gasteiger charge is 2.24. The second-order valence-electron chi connectivity index (χ2n) is 6.56. The van der Waals surface area contributed by atoms with Gasteiger partial charge in [0.1, 0.15) is 0 Å². The molecule has 5 heteroatoms. The Morgan fingerprint density at radius 1 is 1.29 bits per heavy atom. The van der Waals surface area contributed by atoms with Crippen molar-refractivity contribution in [1.29, 1.82) is 0 Å². The Labute approximate surface area is 144 Å². The Morgan fingerprint density at radius 3 is 2.71 bits per heavy atom. The maximum absolute atomic E-state index is 5.53. The normalized spacial score (nSPS) is 17.5. The summed E-state index contributed by atoms with van der Waals surface area (Å²) >= 11 is 0. The third kappa shape index (κ3) is 3.41. The molecule has 0 spiro atoms. The highest BCUT2D eigenvalue weighted by molar-refractivity contribution is 5.48. The van der Waals surface area contributed by atoms with Gasteiger partial charge < -0.3 is 15.0 Å². The van der Waals surface area contributed by atoms with Crippen LogP contribution in [0.2, 0.25) is 0 Å². The largest absolute Gasteiger partial charge is 0.481 e.